The second kappa shape index (κ2) is 17.2. The SMILES string of the molecule is CC(C)c1cc2c(-c3cccc4ccccc34)cccc2[cH-]1.Cc1cc2c(-c3cccc4ccccc34)ccc(C)c2[cH-]1.[Zr+2]=[C](c1ccccc1)c1ccccc1. The zero-order valence-electron chi connectivity index (χ0n) is 33.1. The summed E-state index contributed by atoms with van der Waals surface area (Å²) in [5.74, 6) is 0.563. The maximum atomic E-state index is 2.36. The van der Waals surface area contributed by atoms with E-state index >= 15 is 0 Å². The Balaban J connectivity index is 0.000000123. The number of fused-ring (bicyclic) bond motifs is 4. The van der Waals surface area contributed by atoms with Gasteiger partial charge in [0.05, 0.1) is 0 Å². The van der Waals surface area contributed by atoms with Gasteiger partial charge in [-0.25, -0.2) is 0 Å². The predicted molar refractivity (Wildman–Crippen MR) is 245 cm³/mol. The van der Waals surface area contributed by atoms with Crippen LogP contribution in [0.25, 0.3) is 65.3 Å². The van der Waals surface area contributed by atoms with E-state index in [0.29, 0.717) is 5.92 Å². The molecule has 0 nitrogen and oxygen atoms in total. The minimum absolute atomic E-state index is 0.563. The Morgan fingerprint density at radius 1 is 0.439 bits per heavy atom. The molecule has 0 fully saturated rings. The zero-order valence-corrected chi connectivity index (χ0v) is 35.6. The fourth-order valence-corrected chi connectivity index (χ4v) is 8.77. The van der Waals surface area contributed by atoms with Crippen LogP contribution in [0.2, 0.25) is 0 Å². The van der Waals surface area contributed by atoms with Crippen LogP contribution in [0.4, 0.5) is 0 Å². The Hall–Kier alpha value is -5.75. The predicted octanol–water partition coefficient (Wildman–Crippen LogP) is 15.3. The van der Waals surface area contributed by atoms with Crippen molar-refractivity contribution in [2.75, 3.05) is 0 Å². The molecule has 0 amide bonds. The summed E-state index contributed by atoms with van der Waals surface area (Å²) in [7, 11) is 0. The molecule has 0 radical (unpaired) electrons. The fourth-order valence-electron chi connectivity index (χ4n) is 7.95. The molecule has 0 aromatic heterocycles. The normalized spacial score (nSPS) is 11.1. The van der Waals surface area contributed by atoms with Crippen molar-refractivity contribution in [2.24, 2.45) is 0 Å². The third-order valence-corrected chi connectivity index (χ3v) is 12.4. The topological polar surface area (TPSA) is 0 Å². The van der Waals surface area contributed by atoms with Gasteiger partial charge >= 0.3 is 99.2 Å². The van der Waals surface area contributed by atoms with E-state index < -0.39 is 0 Å². The van der Waals surface area contributed by atoms with E-state index in [9.17, 15) is 0 Å². The second-order valence-electron chi connectivity index (χ2n) is 15.2. The van der Waals surface area contributed by atoms with Crippen molar-refractivity contribution >= 4 is 46.3 Å². The standard InChI is InChI=1S/C22H19.C21H17.C13H10.Zr/c1-15(2)18-13-17-9-6-12-21(22(17)14-18)20-11-5-8-16-7-3-4-10-19(16)20;1-14-12-20-15(2)10-11-19(21(20)13-14)18-9-5-7-16-6-3-4-8-17(16)18;1-3-7-12(8-4-1)11-13-9-5-2-6-10-13;/h3-15H,1-2H3;3-13H,1-2H3;1-10H;/q2*-1;;+2. The Morgan fingerprint density at radius 3 is 1.47 bits per heavy atom. The zero-order chi connectivity index (χ0) is 39.3. The van der Waals surface area contributed by atoms with Crippen LogP contribution in [0.15, 0.2) is 200 Å². The summed E-state index contributed by atoms with van der Waals surface area (Å²) in [5, 5.41) is 10.7. The van der Waals surface area contributed by atoms with Gasteiger partial charge in [0.1, 0.15) is 0 Å². The van der Waals surface area contributed by atoms with Crippen LogP contribution in [-0.2, 0) is 24.2 Å². The van der Waals surface area contributed by atoms with E-state index in [1.54, 1.807) is 0 Å². The van der Waals surface area contributed by atoms with Gasteiger partial charge in [0, 0.05) is 0 Å². The number of aryl methyl sites for hydroxylation is 2. The summed E-state index contributed by atoms with van der Waals surface area (Å²) >= 11 is 1.46. The third-order valence-electron chi connectivity index (χ3n) is 11.0. The van der Waals surface area contributed by atoms with Crippen LogP contribution in [0, 0.1) is 13.8 Å². The molecule has 0 saturated heterocycles. The summed E-state index contributed by atoms with van der Waals surface area (Å²) in [5.41, 5.74) is 12.1. The van der Waals surface area contributed by atoms with Crippen molar-refractivity contribution in [3.8, 4) is 22.3 Å². The summed E-state index contributed by atoms with van der Waals surface area (Å²) in [6.45, 7) is 8.87. The van der Waals surface area contributed by atoms with Crippen molar-refractivity contribution in [3.05, 3.63) is 228 Å². The molecule has 10 aromatic carbocycles. The summed E-state index contributed by atoms with van der Waals surface area (Å²) in [6, 6.07) is 71.9. The Kier molecular flexibility index (Phi) is 11.5. The number of benzene rings is 8. The summed E-state index contributed by atoms with van der Waals surface area (Å²) in [4.78, 5) is 0. The van der Waals surface area contributed by atoms with E-state index in [-0.39, 0.29) is 0 Å². The Morgan fingerprint density at radius 2 is 0.912 bits per heavy atom. The number of rotatable bonds is 5. The molecule has 1 heteroatoms. The first-order valence-electron chi connectivity index (χ1n) is 19.9. The van der Waals surface area contributed by atoms with Gasteiger partial charge in [0.2, 0.25) is 0 Å². The van der Waals surface area contributed by atoms with Crippen molar-refractivity contribution in [1.82, 2.24) is 0 Å². The van der Waals surface area contributed by atoms with Crippen LogP contribution in [0.5, 0.6) is 0 Å². The van der Waals surface area contributed by atoms with Crippen LogP contribution < -0.4 is 0 Å². The van der Waals surface area contributed by atoms with E-state index in [1.165, 1.54) is 121 Å². The van der Waals surface area contributed by atoms with E-state index in [0.717, 1.165) is 0 Å². The molecule has 0 aliphatic carbocycles. The van der Waals surface area contributed by atoms with Crippen LogP contribution in [0.1, 0.15) is 47.6 Å². The number of hydrogen-bond donors (Lipinski definition) is 0. The monoisotopic (exact) mass is 808 g/mol. The average molecular weight is 810 g/mol. The van der Waals surface area contributed by atoms with Crippen molar-refractivity contribution in [2.45, 2.75) is 33.6 Å². The maximum absolute atomic E-state index is 2.36. The Bertz CT molecular complexity index is 2900. The van der Waals surface area contributed by atoms with Gasteiger partial charge in [-0.2, -0.15) is 12.1 Å². The second-order valence-corrected chi connectivity index (χ2v) is 16.4. The van der Waals surface area contributed by atoms with Gasteiger partial charge in [-0.15, -0.1) is 68.6 Å². The molecule has 10 aromatic rings. The first kappa shape index (κ1) is 38.1. The van der Waals surface area contributed by atoms with Crippen molar-refractivity contribution < 1.29 is 24.2 Å². The molecule has 10 rings (SSSR count). The van der Waals surface area contributed by atoms with Crippen LogP contribution in [0.3, 0.4) is 0 Å². The molecular formula is C56H46Zr. The van der Waals surface area contributed by atoms with Gasteiger partial charge in [-0.05, 0) is 38.6 Å². The average Bonchev–Trinajstić information content (AvgIpc) is 3.89. The van der Waals surface area contributed by atoms with Gasteiger partial charge in [-0.3, -0.25) is 0 Å². The minimum atomic E-state index is 0.563. The molecule has 0 aliphatic heterocycles. The van der Waals surface area contributed by atoms with Crippen LogP contribution >= 0.6 is 0 Å². The molecule has 0 spiro atoms. The van der Waals surface area contributed by atoms with Gasteiger partial charge < -0.3 is 0 Å². The fraction of sp³-hybridized carbons (Fsp3) is 0.0893. The molecule has 0 N–H and O–H groups in total. The number of hydrogen-bond acceptors (Lipinski definition) is 0. The van der Waals surface area contributed by atoms with Crippen molar-refractivity contribution in [3.63, 3.8) is 0 Å². The molecule has 274 valence electrons. The molecule has 0 heterocycles. The molecule has 0 atom stereocenters. The molecular weight excluding hydrogens is 764 g/mol. The van der Waals surface area contributed by atoms with Gasteiger partial charge in [0.15, 0.2) is 0 Å². The van der Waals surface area contributed by atoms with Crippen LogP contribution in [-0.4, -0.2) is 3.21 Å². The molecule has 0 aliphatic rings. The van der Waals surface area contributed by atoms with E-state index in [1.807, 2.05) is 0 Å². The molecule has 57 heavy (non-hydrogen) atoms. The quantitative estimate of drug-likeness (QED) is 0.152. The molecule has 0 bridgehead atoms. The first-order valence-corrected chi connectivity index (χ1v) is 21.1. The Labute approximate surface area is 352 Å². The van der Waals surface area contributed by atoms with E-state index in [4.69, 9.17) is 0 Å². The van der Waals surface area contributed by atoms with Gasteiger partial charge in [0.25, 0.3) is 0 Å². The van der Waals surface area contributed by atoms with Crippen molar-refractivity contribution in [1.29, 1.82) is 0 Å². The molecule has 0 unspecified atom stereocenters. The summed E-state index contributed by atoms with van der Waals surface area (Å²) in [6.07, 6.45) is 0. The van der Waals surface area contributed by atoms with Gasteiger partial charge in [-0.1, -0.05) is 136 Å². The third kappa shape index (κ3) is 8.23. The van der Waals surface area contributed by atoms with E-state index in [2.05, 4.69) is 228 Å². The first-order chi connectivity index (χ1) is 27.9. The molecule has 0 saturated carbocycles. The summed E-state index contributed by atoms with van der Waals surface area (Å²) < 4.78 is 1.42.